The summed E-state index contributed by atoms with van der Waals surface area (Å²) in [4.78, 5) is 14.8. The minimum atomic E-state index is 0.0518. The van der Waals surface area contributed by atoms with Gasteiger partial charge in [-0.1, -0.05) is 33.1 Å². The number of carbonyl (C=O) groups is 1. The Bertz CT molecular complexity index is 308. The van der Waals surface area contributed by atoms with Gasteiger partial charge in [-0.2, -0.15) is 0 Å². The summed E-state index contributed by atoms with van der Waals surface area (Å²) in [6.45, 7) is 4.50. The third-order valence-corrected chi connectivity index (χ3v) is 5.36. The van der Waals surface area contributed by atoms with Crippen molar-refractivity contribution >= 4 is 5.91 Å². The van der Waals surface area contributed by atoms with E-state index >= 15 is 0 Å². The molecular weight excluding hydrogens is 236 g/mol. The number of carbonyl (C=O) groups excluding carboxylic acids is 1. The molecule has 0 aliphatic heterocycles. The Balaban J connectivity index is 2.01. The van der Waals surface area contributed by atoms with Gasteiger partial charge in [0.25, 0.3) is 0 Å². The lowest BCUT2D eigenvalue weighted by Crippen LogP contribution is -2.51. The molecule has 2 saturated carbocycles. The molecule has 2 aliphatic carbocycles. The van der Waals surface area contributed by atoms with Gasteiger partial charge >= 0.3 is 0 Å². The molecule has 0 aromatic rings. The van der Waals surface area contributed by atoms with E-state index in [-0.39, 0.29) is 12.0 Å². The van der Waals surface area contributed by atoms with Crippen molar-refractivity contribution in [2.45, 2.75) is 70.9 Å². The van der Waals surface area contributed by atoms with Gasteiger partial charge < -0.3 is 10.6 Å². The maximum atomic E-state index is 12.8. The van der Waals surface area contributed by atoms with Crippen LogP contribution in [0.5, 0.6) is 0 Å². The summed E-state index contributed by atoms with van der Waals surface area (Å²) in [5.41, 5.74) is 6.22. The molecule has 110 valence electrons. The zero-order valence-electron chi connectivity index (χ0n) is 12.8. The summed E-state index contributed by atoms with van der Waals surface area (Å²) in [7, 11) is 2.00. The van der Waals surface area contributed by atoms with E-state index in [1.165, 1.54) is 32.1 Å². The van der Waals surface area contributed by atoms with Crippen molar-refractivity contribution < 1.29 is 4.79 Å². The highest BCUT2D eigenvalue weighted by Gasteiger charge is 2.37. The molecule has 0 aromatic heterocycles. The van der Waals surface area contributed by atoms with Crippen LogP contribution in [0.25, 0.3) is 0 Å². The number of hydrogen-bond acceptors (Lipinski definition) is 2. The largest absolute Gasteiger partial charge is 0.342 e. The topological polar surface area (TPSA) is 46.3 Å². The molecule has 0 heterocycles. The van der Waals surface area contributed by atoms with Crippen LogP contribution in [0.2, 0.25) is 0 Å². The fourth-order valence-corrected chi connectivity index (χ4v) is 4.05. The lowest BCUT2D eigenvalue weighted by Gasteiger charge is -2.40. The molecule has 0 saturated heterocycles. The van der Waals surface area contributed by atoms with Crippen LogP contribution in [0, 0.1) is 17.8 Å². The van der Waals surface area contributed by atoms with Crippen molar-refractivity contribution in [1.29, 1.82) is 0 Å². The van der Waals surface area contributed by atoms with Crippen LogP contribution in [-0.2, 0) is 4.79 Å². The van der Waals surface area contributed by atoms with Gasteiger partial charge in [0.2, 0.25) is 5.91 Å². The molecule has 0 aromatic carbocycles. The average molecular weight is 266 g/mol. The lowest BCUT2D eigenvalue weighted by molar-refractivity contribution is -0.140. The van der Waals surface area contributed by atoms with Gasteiger partial charge in [0, 0.05) is 19.1 Å². The van der Waals surface area contributed by atoms with Crippen molar-refractivity contribution in [3.05, 3.63) is 0 Å². The lowest BCUT2D eigenvalue weighted by atomic mass is 9.76. The number of rotatable bonds is 2. The zero-order chi connectivity index (χ0) is 14.0. The second-order valence-electron chi connectivity index (χ2n) is 6.97. The monoisotopic (exact) mass is 266 g/mol. The number of nitrogens with zero attached hydrogens (tertiary/aromatic N) is 1. The van der Waals surface area contributed by atoms with E-state index in [0.29, 0.717) is 17.9 Å². The van der Waals surface area contributed by atoms with Gasteiger partial charge in [0.15, 0.2) is 0 Å². The van der Waals surface area contributed by atoms with Gasteiger partial charge in [0.05, 0.1) is 5.92 Å². The Morgan fingerprint density at radius 1 is 1.11 bits per heavy atom. The third-order valence-electron chi connectivity index (χ3n) is 5.36. The van der Waals surface area contributed by atoms with E-state index in [1.807, 2.05) is 11.9 Å². The van der Waals surface area contributed by atoms with Crippen LogP contribution >= 0.6 is 0 Å². The first-order valence-corrected chi connectivity index (χ1v) is 8.03. The van der Waals surface area contributed by atoms with Gasteiger partial charge in [-0.15, -0.1) is 0 Å². The molecule has 5 atom stereocenters. The van der Waals surface area contributed by atoms with Crippen molar-refractivity contribution in [1.82, 2.24) is 4.90 Å². The van der Waals surface area contributed by atoms with Gasteiger partial charge in [-0.05, 0) is 37.5 Å². The summed E-state index contributed by atoms with van der Waals surface area (Å²) in [6.07, 6.45) is 8.25. The molecule has 0 radical (unpaired) electrons. The summed E-state index contributed by atoms with van der Waals surface area (Å²) in [6, 6.07) is 0.511. The van der Waals surface area contributed by atoms with Crippen LogP contribution in [-0.4, -0.2) is 29.9 Å². The first-order chi connectivity index (χ1) is 9.00. The number of amides is 1. The molecule has 19 heavy (non-hydrogen) atoms. The SMILES string of the molecule is CC1CCCC(N(C)C(=O)C2C(C)CCCC2N)C1. The van der Waals surface area contributed by atoms with Crippen molar-refractivity contribution in [2.75, 3.05) is 7.05 Å². The standard InChI is InChI=1S/C16H30N2O/c1-11-6-4-8-13(10-11)18(3)16(19)15-12(2)7-5-9-14(15)17/h11-15H,4-10,17H2,1-3H3. The molecule has 3 heteroatoms. The first kappa shape index (κ1) is 14.8. The van der Waals surface area contributed by atoms with Gasteiger partial charge in [-0.3, -0.25) is 4.79 Å². The fourth-order valence-electron chi connectivity index (χ4n) is 4.05. The van der Waals surface area contributed by atoms with Gasteiger partial charge in [0.1, 0.15) is 0 Å². The quantitative estimate of drug-likeness (QED) is 0.835. The number of nitrogens with two attached hydrogens (primary N) is 1. The van der Waals surface area contributed by atoms with Crippen LogP contribution < -0.4 is 5.73 Å². The van der Waals surface area contributed by atoms with Crippen LogP contribution in [0.15, 0.2) is 0 Å². The molecule has 2 fully saturated rings. The molecule has 3 nitrogen and oxygen atoms in total. The molecule has 2 N–H and O–H groups in total. The zero-order valence-corrected chi connectivity index (χ0v) is 12.8. The Morgan fingerprint density at radius 2 is 1.79 bits per heavy atom. The van der Waals surface area contributed by atoms with E-state index in [0.717, 1.165) is 18.8 Å². The Morgan fingerprint density at radius 3 is 2.42 bits per heavy atom. The third kappa shape index (κ3) is 3.31. The van der Waals surface area contributed by atoms with Crippen molar-refractivity contribution in [2.24, 2.45) is 23.5 Å². The molecule has 0 bridgehead atoms. The van der Waals surface area contributed by atoms with Crippen molar-refractivity contribution in [3.8, 4) is 0 Å². The Kier molecular flexibility index (Phi) is 4.88. The predicted molar refractivity (Wildman–Crippen MR) is 78.7 cm³/mol. The van der Waals surface area contributed by atoms with E-state index in [4.69, 9.17) is 5.73 Å². The first-order valence-electron chi connectivity index (χ1n) is 8.03. The fraction of sp³-hybridized carbons (Fsp3) is 0.938. The maximum Gasteiger partial charge on any atom is 0.227 e. The van der Waals surface area contributed by atoms with Gasteiger partial charge in [-0.25, -0.2) is 0 Å². The minimum absolute atomic E-state index is 0.0518. The number of hydrogen-bond donors (Lipinski definition) is 1. The Labute approximate surface area is 117 Å². The molecule has 2 aliphatic rings. The summed E-state index contributed by atoms with van der Waals surface area (Å²) in [5.74, 6) is 1.56. The maximum absolute atomic E-state index is 12.8. The molecule has 5 unspecified atom stereocenters. The minimum Gasteiger partial charge on any atom is -0.342 e. The van der Waals surface area contributed by atoms with Crippen molar-refractivity contribution in [3.63, 3.8) is 0 Å². The average Bonchev–Trinajstić information content (AvgIpc) is 2.37. The smallest absolute Gasteiger partial charge is 0.227 e. The van der Waals surface area contributed by atoms with E-state index in [9.17, 15) is 4.79 Å². The molecule has 2 rings (SSSR count). The summed E-state index contributed by atoms with van der Waals surface area (Å²) >= 11 is 0. The highest BCUT2D eigenvalue weighted by atomic mass is 16.2. The van der Waals surface area contributed by atoms with E-state index in [1.54, 1.807) is 0 Å². The van der Waals surface area contributed by atoms with Crippen LogP contribution in [0.1, 0.15) is 58.8 Å². The molecular formula is C16H30N2O. The second kappa shape index (κ2) is 6.25. The Hall–Kier alpha value is -0.570. The highest BCUT2D eigenvalue weighted by Crippen LogP contribution is 2.33. The summed E-state index contributed by atoms with van der Waals surface area (Å²) in [5, 5.41) is 0. The molecule has 0 spiro atoms. The summed E-state index contributed by atoms with van der Waals surface area (Å²) < 4.78 is 0. The van der Waals surface area contributed by atoms with Crippen LogP contribution in [0.4, 0.5) is 0 Å². The normalized spacial score (nSPS) is 39.9. The van der Waals surface area contributed by atoms with E-state index in [2.05, 4.69) is 13.8 Å². The second-order valence-corrected chi connectivity index (χ2v) is 6.97. The highest BCUT2D eigenvalue weighted by molar-refractivity contribution is 5.80. The molecule has 1 amide bonds. The predicted octanol–water partition coefficient (Wildman–Crippen LogP) is 2.79. The van der Waals surface area contributed by atoms with Crippen LogP contribution in [0.3, 0.4) is 0 Å². The van der Waals surface area contributed by atoms with E-state index < -0.39 is 0 Å².